The average Bonchev–Trinajstić information content (AvgIpc) is 3.53. The van der Waals surface area contributed by atoms with Crippen molar-refractivity contribution in [3.8, 4) is 0 Å². The zero-order valence-electron chi connectivity index (χ0n) is 19.5. The normalized spacial score (nSPS) is 18.7. The first kappa shape index (κ1) is 23.3. The summed E-state index contributed by atoms with van der Waals surface area (Å²) in [6.45, 7) is 5.48. The molecular formula is C25H28FN5O4. The molecule has 0 radical (unpaired) electrons. The van der Waals surface area contributed by atoms with Crippen LogP contribution in [0.5, 0.6) is 0 Å². The number of aliphatic hydroxyl groups is 1. The molecule has 1 saturated heterocycles. The second-order valence-electron chi connectivity index (χ2n) is 9.20. The van der Waals surface area contributed by atoms with Crippen molar-refractivity contribution in [2.24, 2.45) is 0 Å². The summed E-state index contributed by atoms with van der Waals surface area (Å²) < 4.78 is 14.6. The van der Waals surface area contributed by atoms with Crippen LogP contribution in [-0.4, -0.2) is 76.9 Å². The predicted octanol–water partition coefficient (Wildman–Crippen LogP) is 1.98. The summed E-state index contributed by atoms with van der Waals surface area (Å²) in [5.41, 5.74) is 3.75. The van der Waals surface area contributed by atoms with Crippen LogP contribution in [0.1, 0.15) is 45.7 Å². The number of aromatic amines is 1. The fourth-order valence-electron chi connectivity index (χ4n) is 5.07. The maximum atomic E-state index is 14.6. The minimum atomic E-state index is -0.779. The van der Waals surface area contributed by atoms with Crippen LogP contribution in [0.3, 0.4) is 0 Å². The Kier molecular flexibility index (Phi) is 6.16. The van der Waals surface area contributed by atoms with Gasteiger partial charge in [-0.1, -0.05) is 0 Å². The molecule has 1 aromatic carbocycles. The van der Waals surface area contributed by atoms with Crippen molar-refractivity contribution in [3.63, 3.8) is 0 Å². The minimum absolute atomic E-state index is 0.00423. The topological polar surface area (TPSA) is 118 Å². The van der Waals surface area contributed by atoms with Crippen LogP contribution in [0.25, 0.3) is 11.6 Å². The summed E-state index contributed by atoms with van der Waals surface area (Å²) in [6, 6.07) is 2.50. The molecule has 1 fully saturated rings. The summed E-state index contributed by atoms with van der Waals surface area (Å²) in [7, 11) is 0. The fraction of sp³-hybridized carbons (Fsp3) is 0.400. The number of likely N-dealkylation sites (tertiary alicyclic amines) is 1. The number of nitrogens with one attached hydrogen (secondary N) is 3. The molecule has 4 N–H and O–H groups in total. The molecule has 3 amide bonds. The molecule has 0 unspecified atom stereocenters. The molecule has 5 rings (SSSR count). The first-order valence-corrected chi connectivity index (χ1v) is 11.9. The highest BCUT2D eigenvalue weighted by atomic mass is 19.1. The highest BCUT2D eigenvalue weighted by Gasteiger charge is 2.31. The molecule has 0 bridgehead atoms. The summed E-state index contributed by atoms with van der Waals surface area (Å²) in [5, 5.41) is 13.8. The summed E-state index contributed by atoms with van der Waals surface area (Å²) in [4.78, 5) is 44.9. The standard InChI is InChI=1S/C25H28FN5O4/c1-14-19(27-18-4-7-31(25(35)23(14)18)9-8-30-5-2-3-6-30)11-16-15-10-17(26)21(28-22(33)13-32)12-20(15)29-24(16)34/h10-12,27,32H,2-9,13H2,1H3,(H,28,33)(H,29,34)/b16-11-. The van der Waals surface area contributed by atoms with Crippen LogP contribution in [0, 0.1) is 12.7 Å². The van der Waals surface area contributed by atoms with E-state index in [-0.39, 0.29) is 17.2 Å². The molecule has 35 heavy (non-hydrogen) atoms. The van der Waals surface area contributed by atoms with E-state index in [1.54, 1.807) is 6.08 Å². The van der Waals surface area contributed by atoms with Crippen LogP contribution in [-0.2, 0) is 16.0 Å². The molecule has 0 aliphatic carbocycles. The van der Waals surface area contributed by atoms with E-state index in [0.29, 0.717) is 42.0 Å². The number of nitrogens with zero attached hydrogens (tertiary/aromatic N) is 2. The van der Waals surface area contributed by atoms with Gasteiger partial charge in [0.05, 0.1) is 22.5 Å². The predicted molar refractivity (Wildman–Crippen MR) is 129 cm³/mol. The zero-order chi connectivity index (χ0) is 24.7. The first-order valence-electron chi connectivity index (χ1n) is 11.9. The second-order valence-corrected chi connectivity index (χ2v) is 9.20. The van der Waals surface area contributed by atoms with Crippen molar-refractivity contribution in [2.45, 2.75) is 26.2 Å². The first-order chi connectivity index (χ1) is 16.9. The number of amides is 3. The Morgan fingerprint density at radius 3 is 2.71 bits per heavy atom. The Labute approximate surface area is 202 Å². The Bertz CT molecular complexity index is 1240. The summed E-state index contributed by atoms with van der Waals surface area (Å²) in [6.07, 6.45) is 4.77. The Balaban J connectivity index is 1.40. The lowest BCUT2D eigenvalue weighted by atomic mass is 10.0. The molecule has 0 spiro atoms. The van der Waals surface area contributed by atoms with Gasteiger partial charge in [-0.05, 0) is 56.6 Å². The van der Waals surface area contributed by atoms with Gasteiger partial charge < -0.3 is 30.5 Å². The van der Waals surface area contributed by atoms with E-state index in [0.717, 1.165) is 30.9 Å². The van der Waals surface area contributed by atoms with Gasteiger partial charge in [0.25, 0.3) is 11.8 Å². The van der Waals surface area contributed by atoms with E-state index in [1.807, 2.05) is 11.8 Å². The lowest BCUT2D eigenvalue weighted by Crippen LogP contribution is -2.42. The number of H-pyrrole nitrogens is 1. The quantitative estimate of drug-likeness (QED) is 0.471. The molecule has 184 valence electrons. The van der Waals surface area contributed by atoms with Gasteiger partial charge in [-0.25, -0.2) is 4.39 Å². The number of aromatic nitrogens is 1. The molecule has 1 aromatic heterocycles. The van der Waals surface area contributed by atoms with Crippen molar-refractivity contribution < 1.29 is 23.9 Å². The van der Waals surface area contributed by atoms with Crippen molar-refractivity contribution in [3.05, 3.63) is 46.0 Å². The van der Waals surface area contributed by atoms with Gasteiger partial charge in [-0.15, -0.1) is 0 Å². The van der Waals surface area contributed by atoms with Crippen LogP contribution in [0.15, 0.2) is 12.1 Å². The van der Waals surface area contributed by atoms with Gasteiger partial charge in [-0.2, -0.15) is 0 Å². The van der Waals surface area contributed by atoms with Crippen LogP contribution in [0.4, 0.5) is 15.8 Å². The molecule has 0 atom stereocenters. The Morgan fingerprint density at radius 1 is 1.20 bits per heavy atom. The highest BCUT2D eigenvalue weighted by Crippen LogP contribution is 2.37. The van der Waals surface area contributed by atoms with Crippen LogP contribution in [0.2, 0.25) is 0 Å². The van der Waals surface area contributed by atoms with E-state index in [9.17, 15) is 18.8 Å². The fourth-order valence-corrected chi connectivity index (χ4v) is 5.07. The highest BCUT2D eigenvalue weighted by molar-refractivity contribution is 6.35. The molecule has 9 nitrogen and oxygen atoms in total. The van der Waals surface area contributed by atoms with Gasteiger partial charge in [0, 0.05) is 43.0 Å². The molecule has 3 aliphatic rings. The van der Waals surface area contributed by atoms with Gasteiger partial charge in [0.1, 0.15) is 12.4 Å². The SMILES string of the molecule is Cc1c(/C=C2\C(=O)Nc3cc(NC(=O)CO)c(F)cc32)[nH]c2c1C(=O)N(CCN1CCCC1)CC2. The number of anilines is 2. The molecular weight excluding hydrogens is 453 g/mol. The van der Waals surface area contributed by atoms with Crippen LogP contribution >= 0.6 is 0 Å². The van der Waals surface area contributed by atoms with Crippen molar-refractivity contribution >= 4 is 40.7 Å². The Morgan fingerprint density at radius 2 is 1.97 bits per heavy atom. The van der Waals surface area contributed by atoms with Gasteiger partial charge in [0.2, 0.25) is 5.91 Å². The summed E-state index contributed by atoms with van der Waals surface area (Å²) >= 11 is 0. The van der Waals surface area contributed by atoms with Gasteiger partial charge >= 0.3 is 0 Å². The number of benzene rings is 1. The summed E-state index contributed by atoms with van der Waals surface area (Å²) in [5.74, 6) is -1.89. The lowest BCUT2D eigenvalue weighted by molar-refractivity contribution is -0.118. The van der Waals surface area contributed by atoms with E-state index >= 15 is 0 Å². The average molecular weight is 482 g/mol. The third kappa shape index (κ3) is 4.35. The zero-order valence-corrected chi connectivity index (χ0v) is 19.5. The number of hydrogen-bond donors (Lipinski definition) is 4. The monoisotopic (exact) mass is 481 g/mol. The minimum Gasteiger partial charge on any atom is -0.387 e. The van der Waals surface area contributed by atoms with Crippen molar-refractivity contribution in [1.29, 1.82) is 0 Å². The number of hydrogen-bond acceptors (Lipinski definition) is 5. The third-order valence-corrected chi connectivity index (χ3v) is 6.98. The van der Waals surface area contributed by atoms with Crippen molar-refractivity contribution in [2.75, 3.05) is 50.0 Å². The number of carbonyl (C=O) groups excluding carboxylic acids is 3. The van der Waals surface area contributed by atoms with E-state index < -0.39 is 24.2 Å². The van der Waals surface area contributed by atoms with Gasteiger partial charge in [-0.3, -0.25) is 14.4 Å². The number of halogens is 1. The Hall–Kier alpha value is -3.50. The molecule has 3 aliphatic heterocycles. The number of aliphatic hydroxyl groups excluding tert-OH is 1. The maximum absolute atomic E-state index is 14.6. The number of fused-ring (bicyclic) bond motifs is 2. The lowest BCUT2D eigenvalue weighted by Gasteiger charge is -2.29. The largest absolute Gasteiger partial charge is 0.387 e. The molecule has 4 heterocycles. The van der Waals surface area contributed by atoms with E-state index in [4.69, 9.17) is 5.11 Å². The second kappa shape index (κ2) is 9.27. The van der Waals surface area contributed by atoms with E-state index in [2.05, 4.69) is 20.5 Å². The van der Waals surface area contributed by atoms with E-state index in [1.165, 1.54) is 25.0 Å². The maximum Gasteiger partial charge on any atom is 0.256 e. The van der Waals surface area contributed by atoms with Crippen LogP contribution < -0.4 is 10.6 Å². The number of carbonyl (C=O) groups is 3. The van der Waals surface area contributed by atoms with Gasteiger partial charge in [0.15, 0.2) is 0 Å². The third-order valence-electron chi connectivity index (χ3n) is 6.98. The number of rotatable bonds is 6. The molecule has 0 saturated carbocycles. The smallest absolute Gasteiger partial charge is 0.256 e. The molecule has 10 heteroatoms. The van der Waals surface area contributed by atoms with Crippen molar-refractivity contribution in [1.82, 2.24) is 14.8 Å². The molecule has 2 aromatic rings.